The molecular formula is C13H12BrClN2O4S. The Labute approximate surface area is 141 Å². The molecule has 0 fully saturated rings. The molecule has 0 saturated heterocycles. The number of hydrogen-bond donors (Lipinski definition) is 1. The Kier molecular flexibility index (Phi) is 5.15. The SMILES string of the molecule is COc1cc(S(=O)(=O)Nc2ccc(Cl)cn2)c(OC)cc1Br. The Morgan fingerprint density at radius 3 is 2.41 bits per heavy atom. The summed E-state index contributed by atoms with van der Waals surface area (Å²) in [6.45, 7) is 0. The number of methoxy groups -OCH3 is 2. The summed E-state index contributed by atoms with van der Waals surface area (Å²) >= 11 is 9.00. The lowest BCUT2D eigenvalue weighted by molar-refractivity contribution is 0.390. The lowest BCUT2D eigenvalue weighted by Gasteiger charge is -2.13. The first-order valence-corrected chi connectivity index (χ1v) is 8.58. The first kappa shape index (κ1) is 16.9. The van der Waals surface area contributed by atoms with E-state index in [-0.39, 0.29) is 16.5 Å². The van der Waals surface area contributed by atoms with Gasteiger partial charge in [0.1, 0.15) is 22.2 Å². The Hall–Kier alpha value is -1.51. The van der Waals surface area contributed by atoms with Crippen LogP contribution in [0.5, 0.6) is 11.5 Å². The smallest absolute Gasteiger partial charge is 0.266 e. The van der Waals surface area contributed by atoms with Gasteiger partial charge in [-0.25, -0.2) is 13.4 Å². The van der Waals surface area contributed by atoms with E-state index in [2.05, 4.69) is 25.6 Å². The molecule has 0 aliphatic heterocycles. The number of rotatable bonds is 5. The highest BCUT2D eigenvalue weighted by Crippen LogP contribution is 2.35. The maximum absolute atomic E-state index is 12.5. The molecule has 0 amide bonds. The number of aromatic nitrogens is 1. The summed E-state index contributed by atoms with van der Waals surface area (Å²) in [6, 6.07) is 5.87. The molecule has 0 aliphatic rings. The van der Waals surface area contributed by atoms with Gasteiger partial charge in [-0.3, -0.25) is 4.72 Å². The molecule has 0 bridgehead atoms. The number of sulfonamides is 1. The quantitative estimate of drug-likeness (QED) is 0.823. The van der Waals surface area contributed by atoms with E-state index in [1.54, 1.807) is 0 Å². The predicted molar refractivity (Wildman–Crippen MR) is 87.3 cm³/mol. The molecule has 0 atom stereocenters. The maximum Gasteiger partial charge on any atom is 0.266 e. The van der Waals surface area contributed by atoms with Gasteiger partial charge < -0.3 is 9.47 Å². The van der Waals surface area contributed by atoms with Crippen LogP contribution in [0.15, 0.2) is 39.8 Å². The summed E-state index contributed by atoms with van der Waals surface area (Å²) in [6.07, 6.45) is 1.35. The molecule has 0 saturated carbocycles. The van der Waals surface area contributed by atoms with Crippen molar-refractivity contribution in [3.05, 3.63) is 40.0 Å². The zero-order valence-electron chi connectivity index (χ0n) is 11.6. The third kappa shape index (κ3) is 3.63. The van der Waals surface area contributed by atoms with Crippen LogP contribution < -0.4 is 14.2 Å². The molecule has 1 heterocycles. The van der Waals surface area contributed by atoms with Crippen molar-refractivity contribution in [3.63, 3.8) is 0 Å². The average Bonchev–Trinajstić information content (AvgIpc) is 2.48. The number of ether oxygens (including phenoxy) is 2. The molecule has 1 aromatic heterocycles. The van der Waals surface area contributed by atoms with Crippen LogP contribution in [0.1, 0.15) is 0 Å². The van der Waals surface area contributed by atoms with Crippen molar-refractivity contribution in [1.29, 1.82) is 0 Å². The minimum Gasteiger partial charge on any atom is -0.496 e. The molecular weight excluding hydrogens is 396 g/mol. The lowest BCUT2D eigenvalue weighted by atomic mass is 10.3. The van der Waals surface area contributed by atoms with Crippen LogP contribution in [0.2, 0.25) is 5.02 Å². The molecule has 6 nitrogen and oxygen atoms in total. The highest BCUT2D eigenvalue weighted by atomic mass is 79.9. The van der Waals surface area contributed by atoms with E-state index in [0.29, 0.717) is 15.2 Å². The molecule has 1 aromatic carbocycles. The monoisotopic (exact) mass is 406 g/mol. The van der Waals surface area contributed by atoms with Gasteiger partial charge in [0.15, 0.2) is 0 Å². The van der Waals surface area contributed by atoms with Gasteiger partial charge in [0.05, 0.1) is 23.7 Å². The second kappa shape index (κ2) is 6.72. The largest absolute Gasteiger partial charge is 0.496 e. The van der Waals surface area contributed by atoms with Crippen molar-refractivity contribution in [3.8, 4) is 11.5 Å². The summed E-state index contributed by atoms with van der Waals surface area (Å²) in [5.74, 6) is 0.688. The first-order chi connectivity index (χ1) is 10.4. The third-order valence-electron chi connectivity index (χ3n) is 2.69. The van der Waals surface area contributed by atoms with Crippen molar-refractivity contribution in [2.24, 2.45) is 0 Å². The molecule has 0 spiro atoms. The highest BCUT2D eigenvalue weighted by Gasteiger charge is 2.22. The fraction of sp³-hybridized carbons (Fsp3) is 0.154. The van der Waals surface area contributed by atoms with E-state index in [1.165, 1.54) is 44.7 Å². The first-order valence-electron chi connectivity index (χ1n) is 5.93. The topological polar surface area (TPSA) is 77.5 Å². The molecule has 0 radical (unpaired) electrons. The van der Waals surface area contributed by atoms with Gasteiger partial charge >= 0.3 is 0 Å². The summed E-state index contributed by atoms with van der Waals surface area (Å²) in [5.41, 5.74) is 0. The van der Waals surface area contributed by atoms with Crippen molar-refractivity contribution in [1.82, 2.24) is 4.98 Å². The lowest BCUT2D eigenvalue weighted by Crippen LogP contribution is -2.15. The number of anilines is 1. The van der Waals surface area contributed by atoms with Crippen molar-refractivity contribution < 1.29 is 17.9 Å². The Bertz CT molecular complexity index is 781. The highest BCUT2D eigenvalue weighted by molar-refractivity contribution is 9.10. The Morgan fingerprint density at radius 2 is 1.86 bits per heavy atom. The van der Waals surface area contributed by atoms with Crippen LogP contribution in [0.3, 0.4) is 0 Å². The number of pyridine rings is 1. The second-order valence-corrected chi connectivity index (χ2v) is 7.05. The molecule has 118 valence electrons. The van der Waals surface area contributed by atoms with E-state index >= 15 is 0 Å². The van der Waals surface area contributed by atoms with Crippen LogP contribution in [0, 0.1) is 0 Å². The Balaban J connectivity index is 2.46. The van der Waals surface area contributed by atoms with Crippen molar-refractivity contribution >= 4 is 43.4 Å². The normalized spacial score (nSPS) is 11.1. The summed E-state index contributed by atoms with van der Waals surface area (Å²) in [5, 5.41) is 0.408. The standard InChI is InChI=1S/C13H12BrClN2O4S/c1-20-10-6-12(11(21-2)5-9(10)14)22(18,19)17-13-4-3-8(15)7-16-13/h3-7H,1-2H3,(H,16,17). The fourth-order valence-electron chi connectivity index (χ4n) is 1.67. The van der Waals surface area contributed by atoms with Crippen LogP contribution in [0.4, 0.5) is 5.82 Å². The summed E-state index contributed by atoms with van der Waals surface area (Å²) in [4.78, 5) is 3.84. The molecule has 1 N–H and O–H groups in total. The van der Waals surface area contributed by atoms with E-state index in [0.717, 1.165) is 0 Å². The number of nitrogens with zero attached hydrogens (tertiary/aromatic N) is 1. The number of halogens is 2. The number of benzene rings is 1. The van der Waals surface area contributed by atoms with Crippen molar-refractivity contribution in [2.45, 2.75) is 4.90 Å². The van der Waals surface area contributed by atoms with Gasteiger partial charge in [-0.2, -0.15) is 0 Å². The summed E-state index contributed by atoms with van der Waals surface area (Å²) < 4.78 is 38.2. The molecule has 0 unspecified atom stereocenters. The van der Waals surface area contributed by atoms with Crippen molar-refractivity contribution in [2.75, 3.05) is 18.9 Å². The zero-order chi connectivity index (χ0) is 16.3. The zero-order valence-corrected chi connectivity index (χ0v) is 14.8. The van der Waals surface area contributed by atoms with Gasteiger partial charge in [-0.05, 0) is 34.1 Å². The molecule has 22 heavy (non-hydrogen) atoms. The van der Waals surface area contributed by atoms with Gasteiger partial charge in [-0.15, -0.1) is 0 Å². The van der Waals surface area contributed by atoms with Crippen LogP contribution in [-0.4, -0.2) is 27.6 Å². The average molecular weight is 408 g/mol. The minimum absolute atomic E-state index is 0.0631. The predicted octanol–water partition coefficient (Wildman–Crippen LogP) is 3.32. The number of nitrogens with one attached hydrogen (secondary N) is 1. The minimum atomic E-state index is -3.90. The number of hydrogen-bond acceptors (Lipinski definition) is 5. The molecule has 2 aromatic rings. The third-order valence-corrected chi connectivity index (χ3v) is 4.91. The molecule has 2 rings (SSSR count). The van der Waals surface area contributed by atoms with E-state index in [9.17, 15) is 8.42 Å². The molecule has 0 aliphatic carbocycles. The van der Waals surface area contributed by atoms with Gasteiger partial charge in [-0.1, -0.05) is 11.6 Å². The van der Waals surface area contributed by atoms with Gasteiger partial charge in [0, 0.05) is 12.3 Å². The van der Waals surface area contributed by atoms with Crippen LogP contribution in [0.25, 0.3) is 0 Å². The van der Waals surface area contributed by atoms with Gasteiger partial charge in [0.25, 0.3) is 10.0 Å². The fourth-order valence-corrected chi connectivity index (χ4v) is 3.44. The van der Waals surface area contributed by atoms with Crippen LogP contribution >= 0.6 is 27.5 Å². The van der Waals surface area contributed by atoms with E-state index in [1.807, 2.05) is 0 Å². The van der Waals surface area contributed by atoms with E-state index < -0.39 is 10.0 Å². The second-order valence-electron chi connectivity index (χ2n) is 4.10. The van der Waals surface area contributed by atoms with Gasteiger partial charge in [0.2, 0.25) is 0 Å². The van der Waals surface area contributed by atoms with Crippen LogP contribution in [-0.2, 0) is 10.0 Å². The Morgan fingerprint density at radius 1 is 1.18 bits per heavy atom. The van der Waals surface area contributed by atoms with E-state index in [4.69, 9.17) is 21.1 Å². The molecule has 9 heteroatoms. The maximum atomic E-state index is 12.5. The summed E-state index contributed by atoms with van der Waals surface area (Å²) in [7, 11) is -1.08.